The molecule has 0 aromatic carbocycles. The smallest absolute Gasteiger partial charge is 0.163 e. The van der Waals surface area contributed by atoms with Crippen LogP contribution in [-0.4, -0.2) is 32.5 Å². The Morgan fingerprint density at radius 1 is 1.19 bits per heavy atom. The van der Waals surface area contributed by atoms with Crippen molar-refractivity contribution in [1.82, 2.24) is 25.3 Å². The Kier molecular flexibility index (Phi) is 5.07. The van der Waals surface area contributed by atoms with Crippen molar-refractivity contribution < 1.29 is 0 Å². The topological polar surface area (TPSA) is 75.6 Å². The van der Waals surface area contributed by atoms with E-state index in [0.717, 1.165) is 48.7 Å². The molecule has 3 aromatic rings. The molecule has 6 heteroatoms. The molecule has 27 heavy (non-hydrogen) atoms. The van der Waals surface area contributed by atoms with Crippen LogP contribution in [0.2, 0.25) is 0 Å². The highest BCUT2D eigenvalue weighted by molar-refractivity contribution is 5.59. The summed E-state index contributed by atoms with van der Waals surface area (Å²) in [7, 11) is 0. The van der Waals surface area contributed by atoms with E-state index in [1.54, 1.807) is 6.20 Å². The quantitative estimate of drug-likeness (QED) is 0.729. The van der Waals surface area contributed by atoms with Crippen molar-refractivity contribution in [1.29, 1.82) is 0 Å². The third-order valence-electron chi connectivity index (χ3n) is 4.86. The van der Waals surface area contributed by atoms with E-state index in [1.165, 1.54) is 11.1 Å². The molecular weight excluding hydrogens is 336 g/mol. The van der Waals surface area contributed by atoms with Crippen LogP contribution in [0.1, 0.15) is 29.4 Å². The van der Waals surface area contributed by atoms with Crippen molar-refractivity contribution in [3.8, 4) is 11.4 Å². The molecule has 0 saturated heterocycles. The van der Waals surface area contributed by atoms with Gasteiger partial charge in [0.25, 0.3) is 0 Å². The Morgan fingerprint density at radius 2 is 2.07 bits per heavy atom. The SMILES string of the molecule is Cc1cccnc1C[C@@H](C)Nc1nc(-c2cccnc2)nc2c1CCNC2. The van der Waals surface area contributed by atoms with Gasteiger partial charge in [0, 0.05) is 54.4 Å². The largest absolute Gasteiger partial charge is 0.367 e. The minimum Gasteiger partial charge on any atom is -0.367 e. The van der Waals surface area contributed by atoms with E-state index in [1.807, 2.05) is 30.6 Å². The Morgan fingerprint density at radius 3 is 2.89 bits per heavy atom. The molecular formula is C21H24N6. The van der Waals surface area contributed by atoms with E-state index < -0.39 is 0 Å². The minimum absolute atomic E-state index is 0.217. The summed E-state index contributed by atoms with van der Waals surface area (Å²) >= 11 is 0. The van der Waals surface area contributed by atoms with E-state index in [-0.39, 0.29) is 6.04 Å². The van der Waals surface area contributed by atoms with Gasteiger partial charge in [-0.25, -0.2) is 9.97 Å². The van der Waals surface area contributed by atoms with E-state index >= 15 is 0 Å². The Balaban J connectivity index is 1.63. The average Bonchev–Trinajstić information content (AvgIpc) is 2.70. The lowest BCUT2D eigenvalue weighted by Crippen LogP contribution is -2.28. The summed E-state index contributed by atoms with van der Waals surface area (Å²) in [5, 5.41) is 7.02. The fourth-order valence-electron chi connectivity index (χ4n) is 3.41. The molecule has 0 radical (unpaired) electrons. The van der Waals surface area contributed by atoms with Crippen LogP contribution in [-0.2, 0) is 19.4 Å². The van der Waals surface area contributed by atoms with Crippen LogP contribution in [0.15, 0.2) is 42.9 Å². The second kappa shape index (κ2) is 7.80. The molecule has 0 unspecified atom stereocenters. The van der Waals surface area contributed by atoms with Gasteiger partial charge in [-0.05, 0) is 50.6 Å². The van der Waals surface area contributed by atoms with Crippen molar-refractivity contribution in [2.75, 3.05) is 11.9 Å². The van der Waals surface area contributed by atoms with Crippen LogP contribution >= 0.6 is 0 Å². The number of fused-ring (bicyclic) bond motifs is 1. The number of pyridine rings is 2. The molecule has 1 aliphatic rings. The maximum Gasteiger partial charge on any atom is 0.163 e. The fourth-order valence-corrected chi connectivity index (χ4v) is 3.41. The summed E-state index contributed by atoms with van der Waals surface area (Å²) in [5.41, 5.74) is 5.55. The van der Waals surface area contributed by atoms with Gasteiger partial charge in [-0.2, -0.15) is 0 Å². The number of nitrogens with zero attached hydrogens (tertiary/aromatic N) is 4. The van der Waals surface area contributed by atoms with Gasteiger partial charge in [0.05, 0.1) is 5.69 Å². The van der Waals surface area contributed by atoms with Gasteiger partial charge in [0.2, 0.25) is 0 Å². The lowest BCUT2D eigenvalue weighted by Gasteiger charge is -2.23. The van der Waals surface area contributed by atoms with Crippen LogP contribution in [0.25, 0.3) is 11.4 Å². The van der Waals surface area contributed by atoms with Gasteiger partial charge in [-0.1, -0.05) is 6.07 Å². The third kappa shape index (κ3) is 3.95. The molecule has 0 bridgehead atoms. The van der Waals surface area contributed by atoms with Gasteiger partial charge < -0.3 is 10.6 Å². The number of aryl methyl sites for hydroxylation is 1. The van der Waals surface area contributed by atoms with Gasteiger partial charge in [0.1, 0.15) is 5.82 Å². The highest BCUT2D eigenvalue weighted by atomic mass is 15.1. The lowest BCUT2D eigenvalue weighted by molar-refractivity contribution is 0.623. The first-order chi connectivity index (χ1) is 13.2. The minimum atomic E-state index is 0.217. The van der Waals surface area contributed by atoms with Gasteiger partial charge >= 0.3 is 0 Å². The molecule has 6 nitrogen and oxygen atoms in total. The van der Waals surface area contributed by atoms with E-state index in [0.29, 0.717) is 5.82 Å². The summed E-state index contributed by atoms with van der Waals surface area (Å²) in [4.78, 5) is 18.4. The summed E-state index contributed by atoms with van der Waals surface area (Å²) in [6.07, 6.45) is 7.21. The summed E-state index contributed by atoms with van der Waals surface area (Å²) in [6, 6.07) is 8.21. The van der Waals surface area contributed by atoms with Crippen molar-refractivity contribution in [2.24, 2.45) is 0 Å². The van der Waals surface area contributed by atoms with Crippen molar-refractivity contribution in [3.63, 3.8) is 0 Å². The van der Waals surface area contributed by atoms with Crippen LogP contribution < -0.4 is 10.6 Å². The van der Waals surface area contributed by atoms with Crippen LogP contribution in [0.5, 0.6) is 0 Å². The predicted molar refractivity (Wildman–Crippen MR) is 106 cm³/mol. The molecule has 0 saturated carbocycles. The zero-order chi connectivity index (χ0) is 18.6. The molecule has 0 fully saturated rings. The molecule has 1 atom stereocenters. The molecule has 4 rings (SSSR count). The first-order valence-electron chi connectivity index (χ1n) is 9.38. The number of nitrogens with one attached hydrogen (secondary N) is 2. The summed E-state index contributed by atoms with van der Waals surface area (Å²) in [5.74, 6) is 1.65. The van der Waals surface area contributed by atoms with Crippen LogP contribution in [0.4, 0.5) is 5.82 Å². The summed E-state index contributed by atoms with van der Waals surface area (Å²) < 4.78 is 0. The molecule has 0 aliphatic carbocycles. The van der Waals surface area contributed by atoms with Crippen LogP contribution in [0.3, 0.4) is 0 Å². The normalized spacial score (nSPS) is 14.4. The first-order valence-corrected chi connectivity index (χ1v) is 9.38. The number of aromatic nitrogens is 4. The van der Waals surface area contributed by atoms with Crippen LogP contribution in [0, 0.1) is 6.92 Å². The maximum absolute atomic E-state index is 4.85. The zero-order valence-electron chi connectivity index (χ0n) is 15.7. The molecule has 1 aliphatic heterocycles. The molecule has 0 amide bonds. The maximum atomic E-state index is 4.85. The predicted octanol–water partition coefficient (Wildman–Crippen LogP) is 2.93. The third-order valence-corrected chi connectivity index (χ3v) is 4.86. The van der Waals surface area contributed by atoms with Crippen molar-refractivity contribution in [2.45, 2.75) is 39.3 Å². The number of hydrogen-bond donors (Lipinski definition) is 2. The highest BCUT2D eigenvalue weighted by Gasteiger charge is 2.19. The van der Waals surface area contributed by atoms with Crippen molar-refractivity contribution in [3.05, 3.63) is 65.4 Å². The van der Waals surface area contributed by atoms with Gasteiger partial charge in [-0.15, -0.1) is 0 Å². The number of hydrogen-bond acceptors (Lipinski definition) is 6. The van der Waals surface area contributed by atoms with E-state index in [2.05, 4.69) is 40.5 Å². The highest BCUT2D eigenvalue weighted by Crippen LogP contribution is 2.25. The van der Waals surface area contributed by atoms with E-state index in [4.69, 9.17) is 9.97 Å². The van der Waals surface area contributed by atoms with Crippen molar-refractivity contribution >= 4 is 5.82 Å². The second-order valence-corrected chi connectivity index (χ2v) is 7.01. The van der Waals surface area contributed by atoms with Gasteiger partial charge in [-0.3, -0.25) is 9.97 Å². The Bertz CT molecular complexity index is 925. The lowest BCUT2D eigenvalue weighted by atomic mass is 10.0. The number of anilines is 1. The standard InChI is InChI=1S/C21H24N6/c1-14-5-3-9-24-18(14)11-15(2)25-21-17-7-10-23-13-19(17)26-20(27-21)16-6-4-8-22-12-16/h3-6,8-9,12,15,23H,7,10-11,13H2,1-2H3,(H,25,26,27)/t15-/m1/s1. The molecule has 3 aromatic heterocycles. The number of rotatable bonds is 5. The summed E-state index contributed by atoms with van der Waals surface area (Å²) in [6.45, 7) is 6.00. The average molecular weight is 360 g/mol. The molecule has 0 spiro atoms. The van der Waals surface area contributed by atoms with E-state index in [9.17, 15) is 0 Å². The zero-order valence-corrected chi connectivity index (χ0v) is 15.7. The van der Waals surface area contributed by atoms with Gasteiger partial charge in [0.15, 0.2) is 5.82 Å². The molecule has 2 N–H and O–H groups in total. The Labute approximate surface area is 159 Å². The fraction of sp³-hybridized carbons (Fsp3) is 0.333. The molecule has 138 valence electrons. The monoisotopic (exact) mass is 360 g/mol. The Hall–Kier alpha value is -2.86. The second-order valence-electron chi connectivity index (χ2n) is 7.01. The first kappa shape index (κ1) is 17.5. The molecule has 4 heterocycles.